The molecule has 32 heavy (non-hydrogen) atoms. The molecule has 0 amide bonds. The van der Waals surface area contributed by atoms with E-state index < -0.39 is 17.9 Å². The predicted molar refractivity (Wildman–Crippen MR) is 132 cm³/mol. The Bertz CT molecular complexity index is 720. The van der Waals surface area contributed by atoms with Gasteiger partial charge < -0.3 is 4.74 Å². The van der Waals surface area contributed by atoms with Crippen molar-refractivity contribution in [3.63, 3.8) is 0 Å². The normalized spacial score (nSPS) is 19.2. The topological polar surface area (TPSA) is 43.4 Å². The third kappa shape index (κ3) is 8.81. The zero-order valence-corrected chi connectivity index (χ0v) is 20.2. The van der Waals surface area contributed by atoms with Crippen molar-refractivity contribution in [3.05, 3.63) is 35.4 Å². The lowest BCUT2D eigenvalue weighted by Gasteiger charge is -2.29. The number of hydrogen-bond acceptors (Lipinski definition) is 3. The van der Waals surface area contributed by atoms with Crippen LogP contribution in [-0.4, -0.2) is 17.9 Å². The monoisotopic (exact) mass is 438 g/mol. The first-order valence-corrected chi connectivity index (χ1v) is 12.9. The number of terminal acetylenes is 1. The van der Waals surface area contributed by atoms with Crippen LogP contribution in [0.15, 0.2) is 24.3 Å². The van der Waals surface area contributed by atoms with Crippen LogP contribution in [0.3, 0.4) is 0 Å². The molecule has 2 rings (SSSR count). The van der Waals surface area contributed by atoms with Crippen molar-refractivity contribution in [2.45, 2.75) is 116 Å². The predicted octanol–water partition coefficient (Wildman–Crippen LogP) is 7.63. The number of ketones is 1. The van der Waals surface area contributed by atoms with Gasteiger partial charge >= 0.3 is 5.97 Å². The second-order valence-electron chi connectivity index (χ2n) is 9.44. The summed E-state index contributed by atoms with van der Waals surface area (Å²) >= 11 is 0. The van der Waals surface area contributed by atoms with E-state index in [4.69, 9.17) is 11.2 Å². The molecule has 1 aliphatic rings. The average Bonchev–Trinajstić information content (AvgIpc) is 2.83. The second-order valence-corrected chi connectivity index (χ2v) is 9.44. The number of Topliss-reactive ketones (excluding diaryl/α,β-unsaturated/α-hetero) is 1. The molecule has 0 aromatic heterocycles. The van der Waals surface area contributed by atoms with Crippen LogP contribution < -0.4 is 0 Å². The molecular weight excluding hydrogens is 396 g/mol. The van der Waals surface area contributed by atoms with E-state index in [1.54, 1.807) is 0 Å². The number of ether oxygens (including phenoxy) is 1. The highest BCUT2D eigenvalue weighted by Crippen LogP contribution is 2.37. The van der Waals surface area contributed by atoms with Gasteiger partial charge in [0, 0.05) is 0 Å². The summed E-state index contributed by atoms with van der Waals surface area (Å²) in [7, 11) is 0. The Kier molecular flexibility index (Phi) is 12.2. The van der Waals surface area contributed by atoms with E-state index in [1.807, 2.05) is 12.1 Å². The van der Waals surface area contributed by atoms with Crippen molar-refractivity contribution >= 4 is 11.8 Å². The highest BCUT2D eigenvalue weighted by atomic mass is 16.5. The molecule has 0 saturated heterocycles. The molecule has 1 saturated carbocycles. The fourth-order valence-electron chi connectivity index (χ4n) is 4.83. The zero-order chi connectivity index (χ0) is 23.2. The summed E-state index contributed by atoms with van der Waals surface area (Å²) < 4.78 is 5.47. The first-order valence-electron chi connectivity index (χ1n) is 12.9. The molecule has 1 unspecified atom stereocenters. The average molecular weight is 439 g/mol. The molecule has 0 aliphatic heterocycles. The molecule has 1 fully saturated rings. The van der Waals surface area contributed by atoms with E-state index in [0.717, 1.165) is 25.2 Å². The number of carbonyl (C=O) groups excluding carboxylic acids is 2. The van der Waals surface area contributed by atoms with Gasteiger partial charge in [-0.3, -0.25) is 4.79 Å². The van der Waals surface area contributed by atoms with Gasteiger partial charge in [0.05, 0.1) is 5.56 Å². The van der Waals surface area contributed by atoms with Gasteiger partial charge in [0.1, 0.15) is 0 Å². The van der Waals surface area contributed by atoms with Crippen molar-refractivity contribution in [3.8, 4) is 12.3 Å². The number of hydrogen-bond donors (Lipinski definition) is 0. The SMILES string of the molecule is C#CC(=O)C(CCCCC)OC(=O)c1ccc([C@H]2CC[C@H](CCCCCCC)CC2)cc1. The van der Waals surface area contributed by atoms with Crippen LogP contribution in [0, 0.1) is 18.3 Å². The summed E-state index contributed by atoms with van der Waals surface area (Å²) in [6, 6.07) is 7.78. The van der Waals surface area contributed by atoms with Crippen molar-refractivity contribution < 1.29 is 14.3 Å². The molecule has 1 aromatic carbocycles. The van der Waals surface area contributed by atoms with Crippen molar-refractivity contribution in [2.75, 3.05) is 0 Å². The lowest BCUT2D eigenvalue weighted by atomic mass is 9.77. The molecule has 176 valence electrons. The van der Waals surface area contributed by atoms with Gasteiger partial charge in [-0.25, -0.2) is 4.79 Å². The lowest BCUT2D eigenvalue weighted by Crippen LogP contribution is -2.26. The molecule has 1 aliphatic carbocycles. The summed E-state index contributed by atoms with van der Waals surface area (Å²) in [5.41, 5.74) is 1.79. The Morgan fingerprint density at radius 3 is 2.19 bits per heavy atom. The Morgan fingerprint density at radius 1 is 0.938 bits per heavy atom. The summed E-state index contributed by atoms with van der Waals surface area (Å²) in [6.07, 6.45) is 21.1. The van der Waals surface area contributed by atoms with Crippen LogP contribution in [0.25, 0.3) is 0 Å². The minimum Gasteiger partial charge on any atom is -0.450 e. The summed E-state index contributed by atoms with van der Waals surface area (Å²) in [6.45, 7) is 4.36. The van der Waals surface area contributed by atoms with Crippen molar-refractivity contribution in [1.29, 1.82) is 0 Å². The maximum absolute atomic E-state index is 12.6. The third-order valence-corrected chi connectivity index (χ3v) is 6.93. The lowest BCUT2D eigenvalue weighted by molar-refractivity contribution is -0.122. The van der Waals surface area contributed by atoms with Gasteiger partial charge in [0.15, 0.2) is 6.10 Å². The Labute approximate surface area is 195 Å². The zero-order valence-electron chi connectivity index (χ0n) is 20.2. The molecule has 0 N–H and O–H groups in total. The first-order chi connectivity index (χ1) is 15.6. The maximum atomic E-state index is 12.6. The molecule has 0 bridgehead atoms. The molecule has 1 atom stereocenters. The van der Waals surface area contributed by atoms with Gasteiger partial charge in [0.2, 0.25) is 5.78 Å². The number of rotatable bonds is 14. The van der Waals surface area contributed by atoms with Gasteiger partial charge in [-0.2, -0.15) is 0 Å². The van der Waals surface area contributed by atoms with Gasteiger partial charge in [-0.1, -0.05) is 77.3 Å². The highest BCUT2D eigenvalue weighted by molar-refractivity contribution is 6.00. The van der Waals surface area contributed by atoms with Gasteiger partial charge in [-0.05, 0) is 74.0 Å². The molecule has 3 nitrogen and oxygen atoms in total. The molecule has 0 spiro atoms. The molecular formula is C29H42O3. The van der Waals surface area contributed by atoms with Crippen LogP contribution in [0.4, 0.5) is 0 Å². The van der Waals surface area contributed by atoms with E-state index in [0.29, 0.717) is 17.9 Å². The fourth-order valence-corrected chi connectivity index (χ4v) is 4.83. The van der Waals surface area contributed by atoms with Crippen LogP contribution in [-0.2, 0) is 9.53 Å². The smallest absolute Gasteiger partial charge is 0.338 e. The fraction of sp³-hybridized carbons (Fsp3) is 0.655. The van der Waals surface area contributed by atoms with Crippen LogP contribution in [0.2, 0.25) is 0 Å². The second kappa shape index (κ2) is 14.9. The van der Waals surface area contributed by atoms with Crippen LogP contribution >= 0.6 is 0 Å². The summed E-state index contributed by atoms with van der Waals surface area (Å²) in [5, 5.41) is 0. The van der Waals surface area contributed by atoms with E-state index in [9.17, 15) is 9.59 Å². The largest absolute Gasteiger partial charge is 0.450 e. The summed E-state index contributed by atoms with van der Waals surface area (Å²) in [4.78, 5) is 24.5. The number of benzene rings is 1. The van der Waals surface area contributed by atoms with Crippen LogP contribution in [0.5, 0.6) is 0 Å². The quantitative estimate of drug-likeness (QED) is 0.130. The maximum Gasteiger partial charge on any atom is 0.338 e. The van der Waals surface area contributed by atoms with Crippen LogP contribution in [0.1, 0.15) is 126 Å². The number of esters is 1. The van der Waals surface area contributed by atoms with Crippen molar-refractivity contribution in [1.82, 2.24) is 0 Å². The van der Waals surface area contributed by atoms with E-state index in [1.165, 1.54) is 69.8 Å². The third-order valence-electron chi connectivity index (χ3n) is 6.93. The summed E-state index contributed by atoms with van der Waals surface area (Å²) in [5.74, 6) is 2.67. The molecule has 0 heterocycles. The van der Waals surface area contributed by atoms with Gasteiger partial charge in [0.25, 0.3) is 0 Å². The Hall–Kier alpha value is -2.08. The molecule has 1 aromatic rings. The van der Waals surface area contributed by atoms with E-state index >= 15 is 0 Å². The molecule has 3 heteroatoms. The minimum absolute atomic E-state index is 0.451. The standard InChI is InChI=1S/C29H42O3/c1-4-7-9-10-12-13-23-15-17-24(18-16-23)25-19-21-26(22-20-25)29(31)32-28(27(30)6-3)14-11-8-5-2/h3,19-24,28H,4-5,7-18H2,1-2H3/t23-,24-,28?. The number of carbonyl (C=O) groups is 2. The Morgan fingerprint density at radius 2 is 1.56 bits per heavy atom. The molecule has 0 radical (unpaired) electrons. The number of unbranched alkanes of at least 4 members (excludes halogenated alkanes) is 6. The highest BCUT2D eigenvalue weighted by Gasteiger charge is 2.24. The Balaban J connectivity index is 1.81. The van der Waals surface area contributed by atoms with E-state index in [-0.39, 0.29) is 0 Å². The van der Waals surface area contributed by atoms with E-state index in [2.05, 4.69) is 31.9 Å². The van der Waals surface area contributed by atoms with Gasteiger partial charge in [-0.15, -0.1) is 6.42 Å². The van der Waals surface area contributed by atoms with Crippen molar-refractivity contribution in [2.24, 2.45) is 5.92 Å². The first kappa shape index (κ1) is 26.2. The minimum atomic E-state index is -0.837.